The highest BCUT2D eigenvalue weighted by Gasteiger charge is 2.11. The van der Waals surface area contributed by atoms with Crippen LogP contribution in [-0.2, 0) is 0 Å². The lowest BCUT2D eigenvalue weighted by molar-refractivity contribution is 0.111. The van der Waals surface area contributed by atoms with E-state index in [-0.39, 0.29) is 17.6 Å². The van der Waals surface area contributed by atoms with Crippen LogP contribution >= 0.6 is 0 Å². The highest BCUT2D eigenvalue weighted by molar-refractivity contribution is 5.80. The van der Waals surface area contributed by atoms with Crippen molar-refractivity contribution in [2.75, 3.05) is 36.6 Å². The molecule has 2 heterocycles. The first-order valence-electron chi connectivity index (χ1n) is 9.69. The van der Waals surface area contributed by atoms with Gasteiger partial charge in [0, 0.05) is 38.8 Å². The minimum absolute atomic E-state index is 0.00520. The van der Waals surface area contributed by atoms with Crippen LogP contribution < -0.4 is 20.7 Å². The Morgan fingerprint density at radius 2 is 2.13 bits per heavy atom. The molecule has 0 bridgehead atoms. The van der Waals surface area contributed by atoms with Crippen LogP contribution in [0, 0.1) is 0 Å². The summed E-state index contributed by atoms with van der Waals surface area (Å²) in [5.41, 5.74) is 9.24. The molecule has 3 aromatic rings. The molecule has 0 radical (unpaired) electrons. The fourth-order valence-corrected chi connectivity index (χ4v) is 3.07. The first kappa shape index (κ1) is 21.0. The summed E-state index contributed by atoms with van der Waals surface area (Å²) in [5.74, 6) is 0.850. The lowest BCUT2D eigenvalue weighted by Gasteiger charge is -2.24. The third-order valence-electron chi connectivity index (χ3n) is 4.76. The second kappa shape index (κ2) is 9.69. The van der Waals surface area contributed by atoms with E-state index in [9.17, 15) is 4.79 Å². The molecule has 1 unspecified atom stereocenters. The van der Waals surface area contributed by atoms with E-state index in [1.54, 1.807) is 12.4 Å². The number of aldehydes is 1. The molecule has 0 aliphatic carbocycles. The molecule has 8 nitrogen and oxygen atoms in total. The Kier molecular flexibility index (Phi) is 6.79. The Morgan fingerprint density at radius 1 is 1.30 bits per heavy atom. The number of hydrogen-bond acceptors (Lipinski definition) is 8. The largest absolute Gasteiger partial charge is 0.491 e. The molecule has 1 atom stereocenters. The Bertz CT molecular complexity index is 1010. The summed E-state index contributed by atoms with van der Waals surface area (Å²) in [5, 5.41) is 3.16. The number of ether oxygens (including phenoxy) is 1. The zero-order chi connectivity index (χ0) is 21.5. The molecule has 0 saturated carbocycles. The van der Waals surface area contributed by atoms with Gasteiger partial charge in [-0.05, 0) is 25.1 Å². The highest BCUT2D eigenvalue weighted by Crippen LogP contribution is 2.25. The second-order valence-corrected chi connectivity index (χ2v) is 6.95. The van der Waals surface area contributed by atoms with E-state index in [1.165, 1.54) is 0 Å². The van der Waals surface area contributed by atoms with Gasteiger partial charge in [0.2, 0.25) is 0 Å². The lowest BCUT2D eigenvalue weighted by atomic mass is 10.1. The topological polar surface area (TPSA) is 106 Å². The molecule has 0 spiro atoms. The van der Waals surface area contributed by atoms with Crippen molar-refractivity contribution in [2.45, 2.75) is 19.4 Å². The molecule has 8 heteroatoms. The van der Waals surface area contributed by atoms with Gasteiger partial charge in [-0.15, -0.1) is 0 Å². The molecule has 156 valence electrons. The minimum atomic E-state index is 0.00520. The van der Waals surface area contributed by atoms with Crippen LogP contribution in [0.1, 0.15) is 23.8 Å². The van der Waals surface area contributed by atoms with Gasteiger partial charge in [-0.2, -0.15) is 0 Å². The smallest absolute Gasteiger partial charge is 0.172 e. The fourth-order valence-electron chi connectivity index (χ4n) is 3.07. The van der Waals surface area contributed by atoms with Crippen LogP contribution in [0.3, 0.4) is 0 Å². The molecule has 3 N–H and O–H groups in total. The molecule has 0 aliphatic rings. The van der Waals surface area contributed by atoms with Gasteiger partial charge in [-0.3, -0.25) is 9.78 Å². The zero-order valence-corrected chi connectivity index (χ0v) is 17.4. The van der Waals surface area contributed by atoms with Gasteiger partial charge in [-0.1, -0.05) is 12.1 Å². The number of benzene rings is 1. The number of carbonyl (C=O) groups excluding carboxylic acids is 1. The van der Waals surface area contributed by atoms with Gasteiger partial charge < -0.3 is 20.7 Å². The van der Waals surface area contributed by atoms with Gasteiger partial charge in [-0.25, -0.2) is 9.97 Å². The van der Waals surface area contributed by atoms with E-state index in [0.29, 0.717) is 12.0 Å². The molecule has 0 amide bonds. The van der Waals surface area contributed by atoms with Crippen LogP contribution in [0.25, 0.3) is 11.3 Å². The summed E-state index contributed by atoms with van der Waals surface area (Å²) in [4.78, 5) is 25.7. The lowest BCUT2D eigenvalue weighted by Crippen LogP contribution is -2.25. The second-order valence-electron chi connectivity index (χ2n) is 6.95. The minimum Gasteiger partial charge on any atom is -0.491 e. The monoisotopic (exact) mass is 406 g/mol. The summed E-state index contributed by atoms with van der Waals surface area (Å²) in [7, 11) is 3.94. The van der Waals surface area contributed by atoms with E-state index in [2.05, 4.69) is 25.2 Å². The summed E-state index contributed by atoms with van der Waals surface area (Å²) in [6.07, 6.45) is 6.59. The average Bonchev–Trinajstić information content (AvgIpc) is 2.78. The SMILES string of the molecule is CNc1cnccc1N(C)CCC(C)Oc1cccc(-c2cnc(N)c(C=O)n2)c1. The van der Waals surface area contributed by atoms with Crippen molar-refractivity contribution < 1.29 is 9.53 Å². The third kappa shape index (κ3) is 5.02. The van der Waals surface area contributed by atoms with E-state index in [1.807, 2.05) is 57.5 Å². The maximum absolute atomic E-state index is 11.1. The van der Waals surface area contributed by atoms with Crippen LogP contribution in [-0.4, -0.2) is 48.0 Å². The van der Waals surface area contributed by atoms with Crippen molar-refractivity contribution in [2.24, 2.45) is 0 Å². The van der Waals surface area contributed by atoms with Crippen LogP contribution in [0.4, 0.5) is 17.2 Å². The quantitative estimate of drug-likeness (QED) is 0.522. The van der Waals surface area contributed by atoms with E-state index < -0.39 is 0 Å². The molecule has 30 heavy (non-hydrogen) atoms. The van der Waals surface area contributed by atoms with Crippen LogP contribution in [0.5, 0.6) is 5.75 Å². The van der Waals surface area contributed by atoms with Crippen molar-refractivity contribution >= 4 is 23.5 Å². The first-order chi connectivity index (χ1) is 14.5. The Balaban J connectivity index is 1.64. The van der Waals surface area contributed by atoms with Gasteiger partial charge in [0.1, 0.15) is 11.4 Å². The van der Waals surface area contributed by atoms with E-state index in [4.69, 9.17) is 10.5 Å². The fraction of sp³-hybridized carbons (Fsp3) is 0.273. The molecular weight excluding hydrogens is 380 g/mol. The maximum atomic E-state index is 11.1. The van der Waals surface area contributed by atoms with Gasteiger partial charge in [0.25, 0.3) is 0 Å². The van der Waals surface area contributed by atoms with Crippen molar-refractivity contribution in [3.8, 4) is 17.0 Å². The standard InChI is InChI=1S/C22H26N6O2/c1-15(8-10-28(3)21-7-9-25-12-19(21)24-2)30-17-6-4-5-16(11-17)18-13-26-22(23)20(14-29)27-18/h4-7,9,11-15,24H,8,10H2,1-3H3,(H2,23,26). The Morgan fingerprint density at radius 3 is 2.90 bits per heavy atom. The molecule has 0 saturated heterocycles. The van der Waals surface area contributed by atoms with E-state index >= 15 is 0 Å². The molecule has 0 fully saturated rings. The number of nitrogens with one attached hydrogen (secondary N) is 1. The third-order valence-corrected chi connectivity index (χ3v) is 4.76. The number of hydrogen-bond donors (Lipinski definition) is 2. The Hall–Kier alpha value is -3.68. The predicted octanol–water partition coefficient (Wildman–Crippen LogP) is 3.27. The van der Waals surface area contributed by atoms with E-state index in [0.717, 1.165) is 35.7 Å². The summed E-state index contributed by atoms with van der Waals surface area (Å²) in [6.45, 7) is 2.87. The molecule has 3 rings (SSSR count). The maximum Gasteiger partial charge on any atom is 0.172 e. The predicted molar refractivity (Wildman–Crippen MR) is 119 cm³/mol. The number of nitrogen functional groups attached to an aromatic ring is 1. The van der Waals surface area contributed by atoms with Crippen molar-refractivity contribution in [3.05, 3.63) is 54.6 Å². The number of carbonyl (C=O) groups is 1. The van der Waals surface area contributed by atoms with Crippen LogP contribution in [0.15, 0.2) is 48.9 Å². The number of anilines is 3. The van der Waals surface area contributed by atoms with Gasteiger partial charge >= 0.3 is 0 Å². The normalized spacial score (nSPS) is 11.6. The molecule has 1 aromatic carbocycles. The number of aromatic nitrogens is 3. The van der Waals surface area contributed by atoms with Gasteiger partial charge in [0.15, 0.2) is 12.1 Å². The molecular formula is C22H26N6O2. The average molecular weight is 406 g/mol. The molecule has 0 aliphatic heterocycles. The van der Waals surface area contributed by atoms with Crippen molar-refractivity contribution in [1.29, 1.82) is 0 Å². The first-order valence-corrected chi connectivity index (χ1v) is 9.69. The molecule has 2 aromatic heterocycles. The summed E-state index contributed by atoms with van der Waals surface area (Å²) in [6, 6.07) is 9.55. The summed E-state index contributed by atoms with van der Waals surface area (Å²) < 4.78 is 6.10. The van der Waals surface area contributed by atoms with Crippen molar-refractivity contribution in [1.82, 2.24) is 15.0 Å². The van der Waals surface area contributed by atoms with Crippen molar-refractivity contribution in [3.63, 3.8) is 0 Å². The number of rotatable bonds is 9. The number of nitrogens with two attached hydrogens (primary N) is 1. The number of pyridine rings is 1. The van der Waals surface area contributed by atoms with Crippen LogP contribution in [0.2, 0.25) is 0 Å². The number of nitrogens with zero attached hydrogens (tertiary/aromatic N) is 4. The zero-order valence-electron chi connectivity index (χ0n) is 17.4. The Labute approximate surface area is 176 Å². The van der Waals surface area contributed by atoms with Gasteiger partial charge in [0.05, 0.1) is 35.6 Å². The highest BCUT2D eigenvalue weighted by atomic mass is 16.5. The summed E-state index contributed by atoms with van der Waals surface area (Å²) >= 11 is 0.